The summed E-state index contributed by atoms with van der Waals surface area (Å²) in [5, 5.41) is 0. The first-order chi connectivity index (χ1) is 16.8. The molecular weight excluding hydrogens is 442 g/mol. The molecular formula is C27H29N5O3. The molecule has 0 bridgehead atoms. The minimum absolute atomic E-state index is 0.149. The quantitative estimate of drug-likeness (QED) is 0.385. The van der Waals surface area contributed by atoms with E-state index >= 15 is 0 Å². The zero-order valence-corrected chi connectivity index (χ0v) is 20.9. The molecule has 0 unspecified atom stereocenters. The van der Waals surface area contributed by atoms with Gasteiger partial charge in [-0.15, -0.1) is 0 Å². The SMILES string of the molecule is COc1cccc(COc2cc(C)n(-c3cc(-c4ccnc(C(C)C)n4)ncc3C)c(=O)c2C)n1. The third kappa shape index (κ3) is 5.06. The van der Waals surface area contributed by atoms with Crippen molar-refractivity contribution in [3.63, 3.8) is 0 Å². The third-order valence-electron chi connectivity index (χ3n) is 5.72. The first-order valence-electron chi connectivity index (χ1n) is 11.4. The zero-order valence-electron chi connectivity index (χ0n) is 20.9. The Morgan fingerprint density at radius 1 is 1.00 bits per heavy atom. The summed E-state index contributed by atoms with van der Waals surface area (Å²) in [4.78, 5) is 31.4. The average molecular weight is 472 g/mol. The lowest BCUT2D eigenvalue weighted by Crippen LogP contribution is -2.24. The summed E-state index contributed by atoms with van der Waals surface area (Å²) in [7, 11) is 1.57. The van der Waals surface area contributed by atoms with Crippen LogP contribution in [-0.2, 0) is 6.61 Å². The van der Waals surface area contributed by atoms with Crippen LogP contribution in [0, 0.1) is 20.8 Å². The van der Waals surface area contributed by atoms with E-state index < -0.39 is 0 Å². The van der Waals surface area contributed by atoms with Gasteiger partial charge in [-0.3, -0.25) is 14.3 Å². The van der Waals surface area contributed by atoms with Crippen LogP contribution in [0.25, 0.3) is 17.1 Å². The van der Waals surface area contributed by atoms with Gasteiger partial charge < -0.3 is 9.47 Å². The molecule has 0 fully saturated rings. The molecule has 0 amide bonds. The largest absolute Gasteiger partial charge is 0.487 e. The van der Waals surface area contributed by atoms with E-state index in [4.69, 9.17) is 9.47 Å². The Hall–Kier alpha value is -4.07. The molecule has 180 valence electrons. The Morgan fingerprint density at radius 2 is 1.80 bits per heavy atom. The molecule has 4 rings (SSSR count). The number of hydrogen-bond donors (Lipinski definition) is 0. The van der Waals surface area contributed by atoms with Crippen LogP contribution in [0.5, 0.6) is 11.6 Å². The Bertz CT molecular complexity index is 1430. The van der Waals surface area contributed by atoms with Crippen LogP contribution in [0.1, 0.15) is 48.1 Å². The molecule has 0 radical (unpaired) electrons. The molecule has 0 saturated carbocycles. The molecule has 0 saturated heterocycles. The topological polar surface area (TPSA) is 92.0 Å². The molecule has 8 heteroatoms. The van der Waals surface area contributed by atoms with Gasteiger partial charge in [-0.1, -0.05) is 19.9 Å². The minimum atomic E-state index is -0.149. The summed E-state index contributed by atoms with van der Waals surface area (Å²) in [5.74, 6) is 2.00. The number of aromatic nitrogens is 5. The van der Waals surface area contributed by atoms with Crippen molar-refractivity contribution >= 4 is 0 Å². The number of aryl methyl sites for hydroxylation is 2. The van der Waals surface area contributed by atoms with Crippen molar-refractivity contribution in [2.24, 2.45) is 0 Å². The molecule has 0 N–H and O–H groups in total. The first-order valence-corrected chi connectivity index (χ1v) is 11.4. The predicted octanol–water partition coefficient (Wildman–Crippen LogP) is 4.72. The smallest absolute Gasteiger partial charge is 0.261 e. The maximum atomic E-state index is 13.5. The van der Waals surface area contributed by atoms with Crippen molar-refractivity contribution in [1.82, 2.24) is 24.5 Å². The molecule has 4 aromatic heterocycles. The highest BCUT2D eigenvalue weighted by molar-refractivity contribution is 5.59. The van der Waals surface area contributed by atoms with E-state index in [0.717, 1.165) is 28.5 Å². The van der Waals surface area contributed by atoms with E-state index in [0.29, 0.717) is 28.6 Å². The molecule has 0 aliphatic rings. The molecule has 0 aliphatic carbocycles. The van der Waals surface area contributed by atoms with Crippen LogP contribution in [0.15, 0.2) is 53.6 Å². The van der Waals surface area contributed by atoms with Crippen LogP contribution >= 0.6 is 0 Å². The van der Waals surface area contributed by atoms with E-state index in [1.165, 1.54) is 0 Å². The number of hydrogen-bond acceptors (Lipinski definition) is 7. The fraction of sp³-hybridized carbons (Fsp3) is 0.296. The average Bonchev–Trinajstić information content (AvgIpc) is 2.86. The van der Waals surface area contributed by atoms with Crippen molar-refractivity contribution in [3.8, 4) is 28.7 Å². The van der Waals surface area contributed by atoms with Crippen molar-refractivity contribution in [2.45, 2.75) is 47.1 Å². The third-order valence-corrected chi connectivity index (χ3v) is 5.72. The van der Waals surface area contributed by atoms with E-state index in [2.05, 4.69) is 19.9 Å². The van der Waals surface area contributed by atoms with Crippen molar-refractivity contribution in [3.05, 3.63) is 87.5 Å². The maximum Gasteiger partial charge on any atom is 0.261 e. The highest BCUT2D eigenvalue weighted by Gasteiger charge is 2.16. The predicted molar refractivity (Wildman–Crippen MR) is 134 cm³/mol. The zero-order chi connectivity index (χ0) is 25.1. The van der Waals surface area contributed by atoms with E-state index in [9.17, 15) is 4.79 Å². The second-order valence-electron chi connectivity index (χ2n) is 8.69. The van der Waals surface area contributed by atoms with E-state index in [1.807, 2.05) is 58.0 Å². The van der Waals surface area contributed by atoms with Crippen LogP contribution in [0.3, 0.4) is 0 Å². The van der Waals surface area contributed by atoms with Gasteiger partial charge in [0.25, 0.3) is 5.56 Å². The summed E-state index contributed by atoms with van der Waals surface area (Å²) in [5.41, 5.74) is 4.87. The summed E-state index contributed by atoms with van der Waals surface area (Å²) in [6.45, 7) is 9.92. The molecule has 4 aromatic rings. The summed E-state index contributed by atoms with van der Waals surface area (Å²) < 4.78 is 12.8. The fourth-order valence-electron chi connectivity index (χ4n) is 3.74. The molecule has 8 nitrogen and oxygen atoms in total. The highest BCUT2D eigenvalue weighted by Crippen LogP contribution is 2.25. The molecule has 35 heavy (non-hydrogen) atoms. The molecule has 0 spiro atoms. The van der Waals surface area contributed by atoms with Gasteiger partial charge >= 0.3 is 0 Å². The maximum absolute atomic E-state index is 13.5. The molecule has 0 aliphatic heterocycles. The Labute approximate surface area is 204 Å². The van der Waals surface area contributed by atoms with Gasteiger partial charge in [0, 0.05) is 36.1 Å². The van der Waals surface area contributed by atoms with Gasteiger partial charge in [0.2, 0.25) is 5.88 Å². The Balaban J connectivity index is 1.70. The van der Waals surface area contributed by atoms with E-state index in [1.54, 1.807) is 37.1 Å². The lowest BCUT2D eigenvalue weighted by molar-refractivity contribution is 0.294. The monoisotopic (exact) mass is 471 g/mol. The summed E-state index contributed by atoms with van der Waals surface area (Å²) in [6.07, 6.45) is 3.51. The molecule has 0 aromatic carbocycles. The Kier molecular flexibility index (Phi) is 6.91. The fourth-order valence-corrected chi connectivity index (χ4v) is 3.74. The first kappa shape index (κ1) is 24.1. The van der Waals surface area contributed by atoms with Crippen molar-refractivity contribution in [2.75, 3.05) is 7.11 Å². The molecule has 4 heterocycles. The molecule has 0 atom stereocenters. The summed E-state index contributed by atoms with van der Waals surface area (Å²) >= 11 is 0. The second kappa shape index (κ2) is 10.0. The van der Waals surface area contributed by atoms with Gasteiger partial charge in [0.05, 0.1) is 35.4 Å². The van der Waals surface area contributed by atoms with Crippen LogP contribution in [-0.4, -0.2) is 31.6 Å². The minimum Gasteiger partial charge on any atom is -0.487 e. The standard InChI is InChI=1S/C27H29N5O3/c1-16(2)26-28-11-10-21(31-26)22-13-23(17(3)14-29-22)32-18(4)12-24(19(5)27(32)33)35-15-20-8-7-9-25(30-20)34-6/h7-14,16H,15H2,1-6H3. The normalized spacial score (nSPS) is 11.1. The number of ether oxygens (including phenoxy) is 2. The number of rotatable bonds is 7. The van der Waals surface area contributed by atoms with Crippen molar-refractivity contribution in [1.29, 1.82) is 0 Å². The lowest BCUT2D eigenvalue weighted by Gasteiger charge is -2.17. The van der Waals surface area contributed by atoms with Gasteiger partial charge in [0.15, 0.2) is 0 Å². The lowest BCUT2D eigenvalue weighted by atomic mass is 10.1. The van der Waals surface area contributed by atoms with Gasteiger partial charge in [-0.05, 0) is 44.5 Å². The van der Waals surface area contributed by atoms with Crippen LogP contribution in [0.2, 0.25) is 0 Å². The number of pyridine rings is 3. The van der Waals surface area contributed by atoms with E-state index in [-0.39, 0.29) is 18.1 Å². The Morgan fingerprint density at radius 3 is 2.54 bits per heavy atom. The number of methoxy groups -OCH3 is 1. The van der Waals surface area contributed by atoms with Gasteiger partial charge in [-0.2, -0.15) is 0 Å². The van der Waals surface area contributed by atoms with Crippen LogP contribution in [0.4, 0.5) is 0 Å². The van der Waals surface area contributed by atoms with Crippen molar-refractivity contribution < 1.29 is 9.47 Å². The number of nitrogens with zero attached hydrogens (tertiary/aromatic N) is 5. The van der Waals surface area contributed by atoms with Gasteiger partial charge in [-0.25, -0.2) is 15.0 Å². The second-order valence-corrected chi connectivity index (χ2v) is 8.69. The van der Waals surface area contributed by atoms with Gasteiger partial charge in [0.1, 0.15) is 18.2 Å². The van der Waals surface area contributed by atoms with Crippen LogP contribution < -0.4 is 15.0 Å². The summed E-state index contributed by atoms with van der Waals surface area (Å²) in [6, 6.07) is 11.1. The highest BCUT2D eigenvalue weighted by atomic mass is 16.5.